The Morgan fingerprint density at radius 3 is 2.83 bits per heavy atom. The molecule has 126 valence electrons. The van der Waals surface area contributed by atoms with Crippen molar-refractivity contribution in [2.75, 3.05) is 6.54 Å². The smallest absolute Gasteiger partial charge is 0.223 e. The number of carbonyl (C=O) groups excluding carboxylic acids is 1. The summed E-state index contributed by atoms with van der Waals surface area (Å²) in [6.45, 7) is 0.518. The molecule has 1 amide bonds. The third-order valence-electron chi connectivity index (χ3n) is 4.44. The van der Waals surface area contributed by atoms with E-state index in [4.69, 9.17) is 0 Å². The summed E-state index contributed by atoms with van der Waals surface area (Å²) in [4.78, 5) is 21.0. The highest BCUT2D eigenvalue weighted by Gasteiger charge is 2.25. The van der Waals surface area contributed by atoms with Gasteiger partial charge in [-0.05, 0) is 25.3 Å². The third kappa shape index (κ3) is 4.38. The van der Waals surface area contributed by atoms with E-state index in [-0.39, 0.29) is 17.9 Å². The van der Waals surface area contributed by atoms with Crippen molar-refractivity contribution >= 4 is 5.91 Å². The van der Waals surface area contributed by atoms with Crippen molar-refractivity contribution in [1.29, 1.82) is 0 Å². The maximum Gasteiger partial charge on any atom is 0.223 e. The molecule has 3 rings (SSSR count). The second-order valence-corrected chi connectivity index (χ2v) is 6.28. The summed E-state index contributed by atoms with van der Waals surface area (Å²) in [6, 6.07) is 11.9. The number of nitrogens with zero attached hydrogens (tertiary/aromatic N) is 2. The zero-order valence-electron chi connectivity index (χ0n) is 13.7. The molecule has 0 spiro atoms. The lowest BCUT2D eigenvalue weighted by Crippen LogP contribution is -2.36. The average molecular weight is 325 g/mol. The molecule has 1 aliphatic rings. The Hall–Kier alpha value is -2.27. The second kappa shape index (κ2) is 8.02. The Kier molecular flexibility index (Phi) is 5.54. The molecular formula is C19H23N3O2. The fourth-order valence-electron chi connectivity index (χ4n) is 3.13. The lowest BCUT2D eigenvalue weighted by atomic mass is 9.87. The molecule has 0 saturated heterocycles. The zero-order valence-corrected chi connectivity index (χ0v) is 13.7. The molecule has 0 unspecified atom stereocenters. The van der Waals surface area contributed by atoms with Crippen LogP contribution >= 0.6 is 0 Å². The lowest BCUT2D eigenvalue weighted by Gasteiger charge is -2.24. The molecule has 5 nitrogen and oxygen atoms in total. The predicted octanol–water partition coefficient (Wildman–Crippen LogP) is 2.35. The highest BCUT2D eigenvalue weighted by molar-refractivity contribution is 5.78. The minimum atomic E-state index is -0.333. The fourth-order valence-corrected chi connectivity index (χ4v) is 3.13. The largest absolute Gasteiger partial charge is 0.393 e. The first-order valence-corrected chi connectivity index (χ1v) is 8.55. The number of carbonyl (C=O) groups is 1. The Balaban J connectivity index is 1.53. The minimum Gasteiger partial charge on any atom is -0.393 e. The van der Waals surface area contributed by atoms with Gasteiger partial charge in [0, 0.05) is 30.6 Å². The monoisotopic (exact) mass is 325 g/mol. The normalized spacial score (nSPS) is 20.5. The van der Waals surface area contributed by atoms with Crippen LogP contribution in [0.15, 0.2) is 42.6 Å². The number of hydrogen-bond acceptors (Lipinski definition) is 4. The Bertz CT molecular complexity index is 675. The van der Waals surface area contributed by atoms with E-state index in [0.29, 0.717) is 19.4 Å². The standard InChI is InChI=1S/C19H23N3O2/c23-16-8-4-7-15(13-16)19(24)21-12-10-18-20-11-9-17(22-18)14-5-2-1-3-6-14/h1-3,5-6,9,11,15-16,23H,4,7-8,10,12-13H2,(H,21,24)/t15-,16-/m0/s1. The maximum absolute atomic E-state index is 12.2. The fraction of sp³-hybridized carbons (Fsp3) is 0.421. The summed E-state index contributed by atoms with van der Waals surface area (Å²) in [5.74, 6) is 0.693. The number of aliphatic hydroxyl groups excluding tert-OH is 1. The topological polar surface area (TPSA) is 75.1 Å². The Labute approximate surface area is 142 Å². The first-order chi connectivity index (χ1) is 11.7. The summed E-state index contributed by atoms with van der Waals surface area (Å²) in [5, 5.41) is 12.6. The van der Waals surface area contributed by atoms with Crippen LogP contribution < -0.4 is 5.32 Å². The molecule has 2 N–H and O–H groups in total. The Morgan fingerprint density at radius 1 is 1.21 bits per heavy atom. The number of benzene rings is 1. The SMILES string of the molecule is O=C(NCCc1nccc(-c2ccccc2)n1)[C@H]1CCC[C@H](O)C1. The van der Waals surface area contributed by atoms with Gasteiger partial charge >= 0.3 is 0 Å². The lowest BCUT2D eigenvalue weighted by molar-refractivity contribution is -0.127. The van der Waals surface area contributed by atoms with Crippen molar-refractivity contribution < 1.29 is 9.90 Å². The first kappa shape index (κ1) is 16.6. The molecular weight excluding hydrogens is 302 g/mol. The van der Waals surface area contributed by atoms with Gasteiger partial charge in [0.05, 0.1) is 11.8 Å². The van der Waals surface area contributed by atoms with Crippen molar-refractivity contribution in [3.63, 3.8) is 0 Å². The summed E-state index contributed by atoms with van der Waals surface area (Å²) in [5.41, 5.74) is 1.95. The molecule has 1 heterocycles. The van der Waals surface area contributed by atoms with Gasteiger partial charge in [-0.1, -0.05) is 36.8 Å². The molecule has 24 heavy (non-hydrogen) atoms. The minimum absolute atomic E-state index is 0.0352. The quantitative estimate of drug-likeness (QED) is 0.885. The van der Waals surface area contributed by atoms with Crippen LogP contribution in [-0.4, -0.2) is 33.6 Å². The van der Waals surface area contributed by atoms with Gasteiger partial charge in [-0.3, -0.25) is 4.79 Å². The number of hydrogen-bond donors (Lipinski definition) is 2. The van der Waals surface area contributed by atoms with Crippen LogP contribution in [0.4, 0.5) is 0 Å². The van der Waals surface area contributed by atoms with Crippen molar-refractivity contribution in [1.82, 2.24) is 15.3 Å². The maximum atomic E-state index is 12.2. The number of nitrogens with one attached hydrogen (secondary N) is 1. The van der Waals surface area contributed by atoms with Gasteiger partial charge in [0.15, 0.2) is 0 Å². The van der Waals surface area contributed by atoms with Crippen molar-refractivity contribution in [2.24, 2.45) is 5.92 Å². The van der Waals surface area contributed by atoms with Gasteiger partial charge in [0.1, 0.15) is 5.82 Å². The predicted molar refractivity (Wildman–Crippen MR) is 92.1 cm³/mol. The van der Waals surface area contributed by atoms with Crippen LogP contribution in [0, 0.1) is 5.92 Å². The summed E-state index contributed by atoms with van der Waals surface area (Å²) in [7, 11) is 0. The van der Waals surface area contributed by atoms with Gasteiger partial charge < -0.3 is 10.4 Å². The van der Waals surface area contributed by atoms with Crippen molar-refractivity contribution in [3.8, 4) is 11.3 Å². The van der Waals surface area contributed by atoms with E-state index in [1.165, 1.54) is 0 Å². The number of amides is 1. The Morgan fingerprint density at radius 2 is 2.04 bits per heavy atom. The second-order valence-electron chi connectivity index (χ2n) is 6.28. The van der Waals surface area contributed by atoms with Crippen molar-refractivity contribution in [2.45, 2.75) is 38.2 Å². The highest BCUT2D eigenvalue weighted by Crippen LogP contribution is 2.24. The highest BCUT2D eigenvalue weighted by atomic mass is 16.3. The molecule has 1 fully saturated rings. The molecule has 2 aromatic rings. The van der Waals surface area contributed by atoms with Gasteiger partial charge in [0.25, 0.3) is 0 Å². The number of aliphatic hydroxyl groups is 1. The molecule has 0 aliphatic heterocycles. The van der Waals surface area contributed by atoms with Crippen LogP contribution in [0.1, 0.15) is 31.5 Å². The molecule has 0 bridgehead atoms. The van der Waals surface area contributed by atoms with E-state index < -0.39 is 0 Å². The van der Waals surface area contributed by atoms with E-state index in [9.17, 15) is 9.90 Å². The molecule has 2 atom stereocenters. The summed E-state index contributed by atoms with van der Waals surface area (Å²) in [6.07, 6.45) is 5.19. The van der Waals surface area contributed by atoms with E-state index >= 15 is 0 Å². The number of rotatable bonds is 5. The zero-order chi connectivity index (χ0) is 16.8. The van der Waals surface area contributed by atoms with Gasteiger partial charge in [-0.2, -0.15) is 0 Å². The van der Waals surface area contributed by atoms with Gasteiger partial charge in [-0.25, -0.2) is 9.97 Å². The molecule has 1 saturated carbocycles. The van der Waals surface area contributed by atoms with Gasteiger partial charge in [0.2, 0.25) is 5.91 Å². The molecule has 1 aromatic carbocycles. The van der Waals surface area contributed by atoms with E-state index in [0.717, 1.165) is 36.3 Å². The van der Waals surface area contributed by atoms with Crippen LogP contribution in [-0.2, 0) is 11.2 Å². The van der Waals surface area contributed by atoms with Crippen LogP contribution in [0.25, 0.3) is 11.3 Å². The van der Waals surface area contributed by atoms with E-state index in [1.807, 2.05) is 36.4 Å². The van der Waals surface area contributed by atoms with E-state index in [1.54, 1.807) is 6.20 Å². The van der Waals surface area contributed by atoms with Crippen LogP contribution in [0.2, 0.25) is 0 Å². The molecule has 0 radical (unpaired) electrons. The van der Waals surface area contributed by atoms with Crippen LogP contribution in [0.3, 0.4) is 0 Å². The summed E-state index contributed by atoms with van der Waals surface area (Å²) < 4.78 is 0. The van der Waals surface area contributed by atoms with Crippen molar-refractivity contribution in [3.05, 3.63) is 48.4 Å². The number of aromatic nitrogens is 2. The van der Waals surface area contributed by atoms with Crippen LogP contribution in [0.5, 0.6) is 0 Å². The summed E-state index contributed by atoms with van der Waals surface area (Å²) >= 11 is 0. The molecule has 1 aromatic heterocycles. The van der Waals surface area contributed by atoms with Gasteiger partial charge in [-0.15, -0.1) is 0 Å². The van der Waals surface area contributed by atoms with E-state index in [2.05, 4.69) is 15.3 Å². The molecule has 5 heteroatoms. The first-order valence-electron chi connectivity index (χ1n) is 8.55. The molecule has 1 aliphatic carbocycles. The third-order valence-corrected chi connectivity index (χ3v) is 4.44. The average Bonchev–Trinajstić information content (AvgIpc) is 2.63.